The summed E-state index contributed by atoms with van der Waals surface area (Å²) >= 11 is 0. The van der Waals surface area contributed by atoms with E-state index in [1.54, 1.807) is 18.4 Å². The summed E-state index contributed by atoms with van der Waals surface area (Å²) in [6.07, 6.45) is 2.47. The minimum atomic E-state index is -0.0170. The number of likely N-dealkylation sites (tertiary alicyclic amines) is 1. The van der Waals surface area contributed by atoms with Gasteiger partial charge in [0.05, 0.1) is 17.0 Å². The van der Waals surface area contributed by atoms with E-state index in [4.69, 9.17) is 9.51 Å². The normalized spacial score (nSPS) is 18.0. The van der Waals surface area contributed by atoms with Gasteiger partial charge in [0, 0.05) is 56.3 Å². The monoisotopic (exact) mass is 438 g/mol. The number of aromatic nitrogens is 4. The Labute approximate surface area is 186 Å². The van der Waals surface area contributed by atoms with Crippen LogP contribution in [0.5, 0.6) is 0 Å². The molecule has 32 heavy (non-hydrogen) atoms. The van der Waals surface area contributed by atoms with Crippen LogP contribution in [0.15, 0.2) is 15.4 Å². The molecule has 0 radical (unpaired) electrons. The third-order valence-corrected chi connectivity index (χ3v) is 7.01. The minimum absolute atomic E-state index is 0.00706. The minimum Gasteiger partial charge on any atom is -0.361 e. The van der Waals surface area contributed by atoms with Crippen LogP contribution in [0.1, 0.15) is 71.4 Å². The van der Waals surface area contributed by atoms with Crippen LogP contribution in [0.2, 0.25) is 0 Å². The molecule has 0 saturated carbocycles. The molecule has 5 heterocycles. The molecule has 1 saturated heterocycles. The first-order chi connectivity index (χ1) is 15.3. The molecule has 1 N–H and O–H groups in total. The van der Waals surface area contributed by atoms with E-state index in [0.29, 0.717) is 48.3 Å². The first kappa shape index (κ1) is 20.9. The predicted octanol–water partition coefficient (Wildman–Crippen LogP) is 2.41. The van der Waals surface area contributed by atoms with E-state index in [2.05, 4.69) is 29.0 Å². The molecule has 1 amide bonds. The standard InChI is InChI=1S/C23H30N6O3/c1-13(2)28-10-7-18-17(12-28)22(30)29-20(24-18)11-19(25-29)16-5-8-27(9-6-16)23(31)21-14(3)26-32-15(21)4/h11,13,16,25H,5-10,12H2,1-4H3. The Morgan fingerprint density at radius 1 is 1.22 bits per heavy atom. The highest BCUT2D eigenvalue weighted by Gasteiger charge is 2.30. The molecule has 2 aliphatic rings. The molecule has 0 atom stereocenters. The second kappa shape index (κ2) is 7.88. The summed E-state index contributed by atoms with van der Waals surface area (Å²) in [6.45, 7) is 10.8. The summed E-state index contributed by atoms with van der Waals surface area (Å²) in [5.41, 5.74) is 4.65. The molecular formula is C23H30N6O3. The lowest BCUT2D eigenvalue weighted by atomic mass is 9.93. The largest absolute Gasteiger partial charge is 0.361 e. The average molecular weight is 439 g/mol. The van der Waals surface area contributed by atoms with Gasteiger partial charge in [-0.15, -0.1) is 0 Å². The molecule has 170 valence electrons. The van der Waals surface area contributed by atoms with Gasteiger partial charge in [0.2, 0.25) is 0 Å². The zero-order valence-corrected chi connectivity index (χ0v) is 19.1. The Morgan fingerprint density at radius 2 is 1.97 bits per heavy atom. The number of carbonyl (C=O) groups is 1. The quantitative estimate of drug-likeness (QED) is 0.674. The zero-order valence-electron chi connectivity index (χ0n) is 19.1. The fourth-order valence-corrected chi connectivity index (χ4v) is 5.01. The smallest absolute Gasteiger partial charge is 0.277 e. The number of piperidine rings is 1. The van der Waals surface area contributed by atoms with E-state index in [0.717, 1.165) is 42.8 Å². The molecule has 9 heteroatoms. The number of carbonyl (C=O) groups excluding carboxylic acids is 1. The summed E-state index contributed by atoms with van der Waals surface area (Å²) in [5, 5.41) is 7.22. The molecule has 3 aromatic rings. The van der Waals surface area contributed by atoms with Crippen molar-refractivity contribution in [3.05, 3.63) is 50.4 Å². The van der Waals surface area contributed by atoms with Gasteiger partial charge in [-0.2, -0.15) is 0 Å². The van der Waals surface area contributed by atoms with Crippen molar-refractivity contribution in [3.8, 4) is 0 Å². The van der Waals surface area contributed by atoms with E-state index in [1.165, 1.54) is 0 Å². The number of aryl methyl sites for hydroxylation is 2. The van der Waals surface area contributed by atoms with Crippen molar-refractivity contribution in [2.24, 2.45) is 0 Å². The molecule has 2 aliphatic heterocycles. The molecule has 0 spiro atoms. The van der Waals surface area contributed by atoms with E-state index >= 15 is 0 Å². The van der Waals surface area contributed by atoms with Crippen LogP contribution in [0.25, 0.3) is 5.65 Å². The van der Waals surface area contributed by atoms with E-state index in [1.807, 2.05) is 11.0 Å². The average Bonchev–Trinajstić information content (AvgIpc) is 3.36. The highest BCUT2D eigenvalue weighted by Crippen LogP contribution is 2.29. The van der Waals surface area contributed by atoms with Crippen molar-refractivity contribution < 1.29 is 9.32 Å². The van der Waals surface area contributed by atoms with Gasteiger partial charge in [0.15, 0.2) is 5.65 Å². The molecule has 0 aliphatic carbocycles. The van der Waals surface area contributed by atoms with Crippen molar-refractivity contribution in [2.45, 2.75) is 65.5 Å². The first-order valence-corrected chi connectivity index (χ1v) is 11.4. The summed E-state index contributed by atoms with van der Waals surface area (Å²) in [6, 6.07) is 2.41. The number of fused-ring (bicyclic) bond motifs is 2. The Kier molecular flexibility index (Phi) is 5.16. The molecule has 5 rings (SSSR count). The van der Waals surface area contributed by atoms with Gasteiger partial charge in [-0.05, 0) is 40.5 Å². The lowest BCUT2D eigenvalue weighted by Gasteiger charge is -2.31. The number of aromatic amines is 1. The molecular weight excluding hydrogens is 408 g/mol. The number of H-pyrrole nitrogens is 1. The van der Waals surface area contributed by atoms with Gasteiger partial charge in [0.1, 0.15) is 11.3 Å². The van der Waals surface area contributed by atoms with Gasteiger partial charge >= 0.3 is 0 Å². The van der Waals surface area contributed by atoms with Gasteiger partial charge < -0.3 is 9.42 Å². The Hall–Kier alpha value is -2.94. The number of rotatable bonds is 3. The summed E-state index contributed by atoms with van der Waals surface area (Å²) in [4.78, 5) is 35.1. The Balaban J connectivity index is 1.35. The first-order valence-electron chi connectivity index (χ1n) is 11.4. The molecule has 0 unspecified atom stereocenters. The summed E-state index contributed by atoms with van der Waals surface area (Å²) < 4.78 is 6.76. The van der Waals surface area contributed by atoms with Crippen molar-refractivity contribution in [3.63, 3.8) is 0 Å². The van der Waals surface area contributed by atoms with Crippen LogP contribution in [0.4, 0.5) is 0 Å². The van der Waals surface area contributed by atoms with Crippen LogP contribution in [0.3, 0.4) is 0 Å². The van der Waals surface area contributed by atoms with Gasteiger partial charge in [-0.25, -0.2) is 9.50 Å². The number of nitrogens with one attached hydrogen (secondary N) is 1. The molecule has 0 bridgehead atoms. The highest BCUT2D eigenvalue weighted by atomic mass is 16.5. The lowest BCUT2D eigenvalue weighted by molar-refractivity contribution is 0.0709. The van der Waals surface area contributed by atoms with E-state index < -0.39 is 0 Å². The lowest BCUT2D eigenvalue weighted by Crippen LogP contribution is -2.40. The maximum Gasteiger partial charge on any atom is 0.277 e. The predicted molar refractivity (Wildman–Crippen MR) is 119 cm³/mol. The topological polar surface area (TPSA) is 99.7 Å². The summed E-state index contributed by atoms with van der Waals surface area (Å²) in [7, 11) is 0. The highest BCUT2D eigenvalue weighted by molar-refractivity contribution is 5.96. The number of amides is 1. The Morgan fingerprint density at radius 3 is 2.62 bits per heavy atom. The third kappa shape index (κ3) is 3.44. The van der Waals surface area contributed by atoms with Crippen molar-refractivity contribution in [2.75, 3.05) is 19.6 Å². The van der Waals surface area contributed by atoms with Gasteiger partial charge in [-0.3, -0.25) is 19.6 Å². The molecule has 3 aromatic heterocycles. The molecule has 9 nitrogen and oxygen atoms in total. The van der Waals surface area contributed by atoms with Gasteiger partial charge in [0.25, 0.3) is 11.5 Å². The van der Waals surface area contributed by atoms with E-state index in [-0.39, 0.29) is 17.4 Å². The van der Waals surface area contributed by atoms with Crippen molar-refractivity contribution >= 4 is 11.6 Å². The van der Waals surface area contributed by atoms with Crippen LogP contribution < -0.4 is 5.56 Å². The van der Waals surface area contributed by atoms with Crippen LogP contribution in [-0.2, 0) is 13.0 Å². The second-order valence-corrected chi connectivity index (χ2v) is 9.33. The zero-order chi connectivity index (χ0) is 22.6. The number of hydrogen-bond donors (Lipinski definition) is 1. The molecule has 0 aromatic carbocycles. The molecule has 1 fully saturated rings. The number of nitrogens with zero attached hydrogens (tertiary/aromatic N) is 5. The van der Waals surface area contributed by atoms with Crippen LogP contribution >= 0.6 is 0 Å². The SMILES string of the molecule is Cc1noc(C)c1C(=O)N1CCC(c2cc3nc4c(c(=O)n3[nH]2)CN(C(C)C)CC4)CC1. The maximum absolute atomic E-state index is 13.2. The fraction of sp³-hybridized carbons (Fsp3) is 0.565. The van der Waals surface area contributed by atoms with Crippen LogP contribution in [0, 0.1) is 13.8 Å². The van der Waals surface area contributed by atoms with Crippen molar-refractivity contribution in [1.82, 2.24) is 29.6 Å². The summed E-state index contributed by atoms with van der Waals surface area (Å²) in [5.74, 6) is 0.807. The van der Waals surface area contributed by atoms with E-state index in [9.17, 15) is 9.59 Å². The Bertz CT molecular complexity index is 1210. The number of hydrogen-bond acceptors (Lipinski definition) is 6. The van der Waals surface area contributed by atoms with Crippen LogP contribution in [-0.4, -0.2) is 61.1 Å². The third-order valence-electron chi connectivity index (χ3n) is 7.01. The van der Waals surface area contributed by atoms with Crippen molar-refractivity contribution in [1.29, 1.82) is 0 Å². The second-order valence-electron chi connectivity index (χ2n) is 9.33. The van der Waals surface area contributed by atoms with Gasteiger partial charge in [-0.1, -0.05) is 5.16 Å². The fourth-order valence-electron chi connectivity index (χ4n) is 5.01. The maximum atomic E-state index is 13.2.